The molecule has 0 aromatic heterocycles. The molecule has 0 spiro atoms. The van der Waals surface area contributed by atoms with Crippen LogP contribution in [-0.4, -0.2) is 24.1 Å². The van der Waals surface area contributed by atoms with Gasteiger partial charge in [0.25, 0.3) is 0 Å². The Morgan fingerprint density at radius 2 is 2.42 bits per heavy atom. The standard InChI is InChI=1S/C9H14O2S/c1-3-9(6-12-7-9)5-8(10)11-4-2/h3H,1,4-7H2,2H3. The van der Waals surface area contributed by atoms with Gasteiger partial charge < -0.3 is 4.74 Å². The minimum Gasteiger partial charge on any atom is -0.466 e. The van der Waals surface area contributed by atoms with Gasteiger partial charge in [-0.1, -0.05) is 6.08 Å². The van der Waals surface area contributed by atoms with Crippen LogP contribution in [-0.2, 0) is 9.53 Å². The average Bonchev–Trinajstić information content (AvgIpc) is 1.97. The molecule has 1 aliphatic rings. The molecule has 2 nitrogen and oxygen atoms in total. The van der Waals surface area contributed by atoms with Crippen LogP contribution in [0.4, 0.5) is 0 Å². The fourth-order valence-electron chi connectivity index (χ4n) is 1.16. The lowest BCUT2D eigenvalue weighted by Gasteiger charge is -2.37. The van der Waals surface area contributed by atoms with Crippen LogP contribution in [0.1, 0.15) is 13.3 Å². The first-order valence-corrected chi connectivity index (χ1v) is 5.25. The Kier molecular flexibility index (Phi) is 3.20. The predicted octanol–water partition coefficient (Wildman–Crippen LogP) is 1.86. The van der Waals surface area contributed by atoms with Crippen molar-refractivity contribution in [2.45, 2.75) is 13.3 Å². The van der Waals surface area contributed by atoms with Gasteiger partial charge in [-0.2, -0.15) is 11.8 Å². The minimum absolute atomic E-state index is 0.0386. The second-order valence-corrected chi connectivity index (χ2v) is 4.03. The van der Waals surface area contributed by atoms with Crippen LogP contribution >= 0.6 is 11.8 Å². The molecular weight excluding hydrogens is 172 g/mol. The first-order chi connectivity index (χ1) is 5.72. The van der Waals surface area contributed by atoms with Crippen LogP contribution in [0.3, 0.4) is 0 Å². The van der Waals surface area contributed by atoms with E-state index in [2.05, 4.69) is 6.58 Å². The Bertz CT molecular complexity index is 185. The summed E-state index contributed by atoms with van der Waals surface area (Å²) in [5, 5.41) is 0. The van der Waals surface area contributed by atoms with Crippen molar-refractivity contribution in [3.05, 3.63) is 12.7 Å². The van der Waals surface area contributed by atoms with Crippen molar-refractivity contribution in [3.8, 4) is 0 Å². The van der Waals surface area contributed by atoms with Gasteiger partial charge in [0, 0.05) is 16.9 Å². The fraction of sp³-hybridized carbons (Fsp3) is 0.667. The van der Waals surface area contributed by atoms with E-state index in [-0.39, 0.29) is 11.4 Å². The Morgan fingerprint density at radius 1 is 1.75 bits per heavy atom. The highest BCUT2D eigenvalue weighted by atomic mass is 32.2. The van der Waals surface area contributed by atoms with Crippen LogP contribution < -0.4 is 0 Å². The minimum atomic E-state index is -0.0994. The summed E-state index contributed by atoms with van der Waals surface area (Å²) in [5.41, 5.74) is 0.0386. The summed E-state index contributed by atoms with van der Waals surface area (Å²) in [6, 6.07) is 0. The number of allylic oxidation sites excluding steroid dienone is 1. The molecule has 1 saturated heterocycles. The van der Waals surface area contributed by atoms with Gasteiger partial charge in [0.2, 0.25) is 0 Å². The number of esters is 1. The quantitative estimate of drug-likeness (QED) is 0.495. The maximum atomic E-state index is 11.1. The van der Waals surface area contributed by atoms with Gasteiger partial charge >= 0.3 is 5.97 Å². The first-order valence-electron chi connectivity index (χ1n) is 4.09. The Balaban J connectivity index is 2.37. The highest BCUT2D eigenvalue weighted by Crippen LogP contribution is 2.41. The molecule has 0 bridgehead atoms. The lowest BCUT2D eigenvalue weighted by Crippen LogP contribution is -2.36. The molecule has 0 atom stereocenters. The van der Waals surface area contributed by atoms with E-state index in [1.807, 2.05) is 24.8 Å². The number of thioether (sulfide) groups is 1. The molecule has 3 heteroatoms. The van der Waals surface area contributed by atoms with Crippen LogP contribution in [0.5, 0.6) is 0 Å². The van der Waals surface area contributed by atoms with Crippen molar-refractivity contribution in [1.29, 1.82) is 0 Å². The Labute approximate surface area is 77.4 Å². The van der Waals surface area contributed by atoms with Gasteiger partial charge in [0.05, 0.1) is 13.0 Å². The van der Waals surface area contributed by atoms with E-state index in [9.17, 15) is 4.79 Å². The Morgan fingerprint density at radius 3 is 2.75 bits per heavy atom. The maximum absolute atomic E-state index is 11.1. The van der Waals surface area contributed by atoms with Crippen LogP contribution in [0.15, 0.2) is 12.7 Å². The van der Waals surface area contributed by atoms with Gasteiger partial charge in [0.15, 0.2) is 0 Å². The van der Waals surface area contributed by atoms with E-state index in [0.717, 1.165) is 11.5 Å². The summed E-state index contributed by atoms with van der Waals surface area (Å²) >= 11 is 1.85. The maximum Gasteiger partial charge on any atom is 0.306 e. The van der Waals surface area contributed by atoms with Gasteiger partial charge in [-0.25, -0.2) is 0 Å². The summed E-state index contributed by atoms with van der Waals surface area (Å²) in [6.07, 6.45) is 2.39. The molecule has 0 radical (unpaired) electrons. The number of carbonyl (C=O) groups is 1. The third-order valence-corrected chi connectivity index (χ3v) is 3.57. The second-order valence-electron chi connectivity index (χ2n) is 3.04. The topological polar surface area (TPSA) is 26.3 Å². The van der Waals surface area contributed by atoms with Crippen LogP contribution in [0.25, 0.3) is 0 Å². The molecule has 0 unspecified atom stereocenters. The summed E-state index contributed by atoms with van der Waals surface area (Å²) in [5.74, 6) is 1.92. The van der Waals surface area contributed by atoms with Crippen LogP contribution in [0.2, 0.25) is 0 Å². The highest BCUT2D eigenvalue weighted by molar-refractivity contribution is 8.00. The fourth-order valence-corrected chi connectivity index (χ4v) is 2.32. The van der Waals surface area contributed by atoms with Gasteiger partial charge in [0.1, 0.15) is 0 Å². The summed E-state index contributed by atoms with van der Waals surface area (Å²) in [7, 11) is 0. The molecule has 68 valence electrons. The molecule has 0 aromatic carbocycles. The lowest BCUT2D eigenvalue weighted by atomic mass is 9.88. The lowest BCUT2D eigenvalue weighted by molar-refractivity contribution is -0.144. The molecule has 12 heavy (non-hydrogen) atoms. The van der Waals surface area contributed by atoms with Crippen molar-refractivity contribution in [2.24, 2.45) is 5.41 Å². The monoisotopic (exact) mass is 186 g/mol. The zero-order valence-electron chi connectivity index (χ0n) is 7.34. The van der Waals surface area contributed by atoms with E-state index in [1.165, 1.54) is 0 Å². The van der Waals surface area contributed by atoms with E-state index >= 15 is 0 Å². The van der Waals surface area contributed by atoms with Crippen molar-refractivity contribution < 1.29 is 9.53 Å². The zero-order valence-corrected chi connectivity index (χ0v) is 8.15. The summed E-state index contributed by atoms with van der Waals surface area (Å²) in [6.45, 7) is 6.05. The highest BCUT2D eigenvalue weighted by Gasteiger charge is 2.37. The second kappa shape index (κ2) is 3.99. The van der Waals surface area contributed by atoms with E-state index in [4.69, 9.17) is 4.74 Å². The smallest absolute Gasteiger partial charge is 0.306 e. The Hall–Kier alpha value is -0.440. The third kappa shape index (κ3) is 2.03. The van der Waals surface area contributed by atoms with Crippen molar-refractivity contribution in [1.82, 2.24) is 0 Å². The SMILES string of the molecule is C=CC1(CC(=O)OCC)CSC1. The summed E-state index contributed by atoms with van der Waals surface area (Å²) in [4.78, 5) is 11.1. The molecule has 0 aromatic rings. The molecule has 0 amide bonds. The van der Waals surface area contributed by atoms with Gasteiger partial charge in [-0.15, -0.1) is 6.58 Å². The molecule has 1 heterocycles. The number of ether oxygens (including phenoxy) is 1. The number of rotatable bonds is 4. The molecule has 0 aliphatic carbocycles. The van der Waals surface area contributed by atoms with E-state index in [0.29, 0.717) is 13.0 Å². The molecule has 1 aliphatic heterocycles. The number of hydrogen-bond donors (Lipinski definition) is 0. The molecule has 0 saturated carbocycles. The largest absolute Gasteiger partial charge is 0.466 e. The van der Waals surface area contributed by atoms with E-state index in [1.54, 1.807) is 0 Å². The van der Waals surface area contributed by atoms with Crippen molar-refractivity contribution in [2.75, 3.05) is 18.1 Å². The normalized spacial score (nSPS) is 19.4. The van der Waals surface area contributed by atoms with Crippen molar-refractivity contribution >= 4 is 17.7 Å². The molecule has 1 fully saturated rings. The summed E-state index contributed by atoms with van der Waals surface area (Å²) < 4.78 is 4.88. The molecule has 0 N–H and O–H groups in total. The average molecular weight is 186 g/mol. The third-order valence-electron chi connectivity index (χ3n) is 2.01. The predicted molar refractivity (Wildman–Crippen MR) is 51.2 cm³/mol. The van der Waals surface area contributed by atoms with Crippen LogP contribution in [0, 0.1) is 5.41 Å². The number of hydrogen-bond acceptors (Lipinski definition) is 3. The van der Waals surface area contributed by atoms with E-state index < -0.39 is 0 Å². The van der Waals surface area contributed by atoms with Crippen molar-refractivity contribution in [3.63, 3.8) is 0 Å². The number of carbonyl (C=O) groups excluding carboxylic acids is 1. The molecular formula is C9H14O2S. The van der Waals surface area contributed by atoms with Gasteiger partial charge in [-0.05, 0) is 6.92 Å². The van der Waals surface area contributed by atoms with Gasteiger partial charge in [-0.3, -0.25) is 4.79 Å². The zero-order chi connectivity index (χ0) is 9.03. The first kappa shape index (κ1) is 9.65. The molecule has 1 rings (SSSR count).